The van der Waals surface area contributed by atoms with Crippen LogP contribution in [0.2, 0.25) is 5.02 Å². The van der Waals surface area contributed by atoms with E-state index in [4.69, 9.17) is 11.6 Å². The van der Waals surface area contributed by atoms with Gasteiger partial charge in [-0.2, -0.15) is 0 Å². The molecule has 3 aromatic carbocycles. The van der Waals surface area contributed by atoms with Crippen molar-refractivity contribution in [3.63, 3.8) is 0 Å². The number of urea groups is 1. The number of nitrogens with one attached hydrogen (secondary N) is 1. The van der Waals surface area contributed by atoms with Crippen LogP contribution >= 0.6 is 23.4 Å². The predicted molar refractivity (Wildman–Crippen MR) is 140 cm³/mol. The van der Waals surface area contributed by atoms with Gasteiger partial charge < -0.3 is 4.57 Å². The summed E-state index contributed by atoms with van der Waals surface area (Å²) >= 11 is 7.64. The molecule has 2 heterocycles. The Kier molecular flexibility index (Phi) is 6.63. The van der Waals surface area contributed by atoms with Crippen LogP contribution in [0.5, 0.6) is 0 Å². The van der Waals surface area contributed by atoms with E-state index in [0.29, 0.717) is 22.0 Å². The number of carbonyl (C=O) groups is 3. The summed E-state index contributed by atoms with van der Waals surface area (Å²) < 4.78 is 16.4. The summed E-state index contributed by atoms with van der Waals surface area (Å²) in [5, 5.41) is 3.67. The Bertz CT molecular complexity index is 1530. The Balaban J connectivity index is 1.46. The van der Waals surface area contributed by atoms with E-state index in [1.54, 1.807) is 11.8 Å². The summed E-state index contributed by atoms with van der Waals surface area (Å²) in [4.78, 5) is 39.9. The Hall–Kier alpha value is -3.88. The fraction of sp³-hybridized carbons (Fsp3) is 0.0741. The number of benzene rings is 3. The third-order valence-corrected chi connectivity index (χ3v) is 6.97. The first kappa shape index (κ1) is 23.8. The van der Waals surface area contributed by atoms with E-state index in [1.807, 2.05) is 54.7 Å². The second kappa shape index (κ2) is 10.0. The maximum atomic E-state index is 14.4. The van der Waals surface area contributed by atoms with Crippen LogP contribution in [0.1, 0.15) is 5.56 Å². The number of hydrogen-bond donors (Lipinski definition) is 1. The Morgan fingerprint density at radius 2 is 1.67 bits per heavy atom. The highest BCUT2D eigenvalue weighted by atomic mass is 35.5. The first-order valence-corrected chi connectivity index (χ1v) is 12.4. The highest BCUT2D eigenvalue weighted by Crippen LogP contribution is 2.28. The van der Waals surface area contributed by atoms with Crippen LogP contribution in [0.3, 0.4) is 0 Å². The normalized spacial score (nSPS) is 15.1. The minimum Gasteiger partial charge on any atom is -0.346 e. The van der Waals surface area contributed by atoms with Gasteiger partial charge in [-0.15, -0.1) is 11.8 Å². The number of anilines is 1. The molecule has 5 rings (SSSR count). The minimum atomic E-state index is -0.992. The van der Waals surface area contributed by atoms with Crippen LogP contribution < -0.4 is 10.2 Å². The number of amides is 4. The number of nitrogens with zero attached hydrogens (tertiary/aromatic N) is 2. The maximum absolute atomic E-state index is 14.4. The Morgan fingerprint density at radius 3 is 2.44 bits per heavy atom. The van der Waals surface area contributed by atoms with Gasteiger partial charge in [-0.1, -0.05) is 41.9 Å². The molecule has 0 aliphatic carbocycles. The van der Waals surface area contributed by atoms with Crippen molar-refractivity contribution in [2.24, 2.45) is 0 Å². The molecule has 6 nitrogen and oxygen atoms in total. The van der Waals surface area contributed by atoms with Gasteiger partial charge in [-0.05, 0) is 48.5 Å². The third-order valence-electron chi connectivity index (χ3n) is 5.73. The molecule has 1 fully saturated rings. The molecule has 1 aliphatic rings. The Labute approximate surface area is 215 Å². The average Bonchev–Trinajstić information content (AvgIpc) is 3.21. The molecule has 0 spiro atoms. The molecule has 9 heteroatoms. The van der Waals surface area contributed by atoms with Crippen LogP contribution in [0, 0.1) is 5.82 Å². The van der Waals surface area contributed by atoms with Gasteiger partial charge in [0.05, 0.1) is 5.69 Å². The third kappa shape index (κ3) is 4.65. The monoisotopic (exact) mass is 519 g/mol. The molecule has 4 aromatic rings. The molecule has 36 heavy (non-hydrogen) atoms. The van der Waals surface area contributed by atoms with Gasteiger partial charge in [-0.25, -0.2) is 14.1 Å². The predicted octanol–water partition coefficient (Wildman–Crippen LogP) is 5.89. The van der Waals surface area contributed by atoms with Gasteiger partial charge >= 0.3 is 6.03 Å². The minimum absolute atomic E-state index is 0.222. The summed E-state index contributed by atoms with van der Waals surface area (Å²) in [6.07, 6.45) is 3.31. The van der Waals surface area contributed by atoms with Crippen LogP contribution in [0.25, 0.3) is 17.0 Å². The van der Waals surface area contributed by atoms with Crippen molar-refractivity contribution in [3.8, 4) is 0 Å². The summed E-state index contributed by atoms with van der Waals surface area (Å²) in [5.41, 5.74) is 1.10. The van der Waals surface area contributed by atoms with Crippen molar-refractivity contribution in [1.29, 1.82) is 0 Å². The van der Waals surface area contributed by atoms with Crippen molar-refractivity contribution >= 4 is 63.9 Å². The van der Waals surface area contributed by atoms with Gasteiger partial charge in [0, 0.05) is 44.9 Å². The number of thioether (sulfide) groups is 1. The van der Waals surface area contributed by atoms with Crippen LogP contribution in [-0.4, -0.2) is 28.2 Å². The molecule has 1 aliphatic heterocycles. The first-order valence-electron chi connectivity index (χ1n) is 11.0. The lowest BCUT2D eigenvalue weighted by Crippen LogP contribution is -2.54. The van der Waals surface area contributed by atoms with E-state index < -0.39 is 23.7 Å². The molecule has 1 aromatic heterocycles. The molecular formula is C27H19ClFN3O3S. The van der Waals surface area contributed by atoms with E-state index in [-0.39, 0.29) is 11.3 Å². The molecule has 4 amide bonds. The summed E-state index contributed by atoms with van der Waals surface area (Å²) in [7, 11) is 0. The maximum Gasteiger partial charge on any atom is 0.336 e. The van der Waals surface area contributed by atoms with Crippen LogP contribution in [0.4, 0.5) is 14.9 Å². The zero-order chi connectivity index (χ0) is 25.2. The molecule has 1 saturated heterocycles. The SMILES string of the molecule is O=C1NC(=O)N(c2ccccc2F)C(=O)/C1=C/c1cn(CCSc2ccc(Cl)cc2)c2ccccc12. The lowest BCUT2D eigenvalue weighted by atomic mass is 10.1. The fourth-order valence-electron chi connectivity index (χ4n) is 4.03. The number of hydrogen-bond acceptors (Lipinski definition) is 4. The van der Waals surface area contributed by atoms with E-state index in [2.05, 4.69) is 9.88 Å². The van der Waals surface area contributed by atoms with Crippen molar-refractivity contribution in [2.45, 2.75) is 11.4 Å². The van der Waals surface area contributed by atoms with Crippen molar-refractivity contribution in [1.82, 2.24) is 9.88 Å². The largest absolute Gasteiger partial charge is 0.346 e. The topological polar surface area (TPSA) is 71.4 Å². The molecular weight excluding hydrogens is 501 g/mol. The molecule has 0 bridgehead atoms. The molecule has 0 saturated carbocycles. The number of aryl methyl sites for hydroxylation is 1. The van der Waals surface area contributed by atoms with E-state index in [1.165, 1.54) is 24.3 Å². The Morgan fingerprint density at radius 1 is 0.944 bits per heavy atom. The molecule has 0 radical (unpaired) electrons. The smallest absolute Gasteiger partial charge is 0.336 e. The van der Waals surface area contributed by atoms with Crippen molar-refractivity contribution in [3.05, 3.63) is 101 Å². The lowest BCUT2D eigenvalue weighted by molar-refractivity contribution is -0.122. The summed E-state index contributed by atoms with van der Waals surface area (Å²) in [6.45, 7) is 0.678. The standard InChI is InChI=1S/C27H19ClFN3O3S/c28-18-9-11-19(12-10-18)36-14-13-31-16-17(20-5-1-3-7-23(20)31)15-21-25(33)30-27(35)32(26(21)34)24-8-4-2-6-22(24)29/h1-12,15-16H,13-14H2,(H,30,33,35)/b21-15+. The van der Waals surface area contributed by atoms with Crippen molar-refractivity contribution < 1.29 is 18.8 Å². The van der Waals surface area contributed by atoms with Gasteiger partial charge in [0.25, 0.3) is 11.8 Å². The quantitative estimate of drug-likeness (QED) is 0.196. The average molecular weight is 520 g/mol. The number of barbiturate groups is 1. The number of rotatable bonds is 6. The van der Waals surface area contributed by atoms with Gasteiger partial charge in [0.15, 0.2) is 0 Å². The summed E-state index contributed by atoms with van der Waals surface area (Å²) in [5.74, 6) is -1.67. The lowest BCUT2D eigenvalue weighted by Gasteiger charge is -2.26. The number of fused-ring (bicyclic) bond motifs is 1. The van der Waals surface area contributed by atoms with Crippen LogP contribution in [-0.2, 0) is 16.1 Å². The van der Waals surface area contributed by atoms with Gasteiger partial charge in [0.2, 0.25) is 0 Å². The zero-order valence-electron chi connectivity index (χ0n) is 18.8. The van der Waals surface area contributed by atoms with E-state index >= 15 is 0 Å². The highest BCUT2D eigenvalue weighted by Gasteiger charge is 2.38. The summed E-state index contributed by atoms with van der Waals surface area (Å²) in [6, 6.07) is 19.7. The number of para-hydroxylation sites is 2. The number of aromatic nitrogens is 1. The van der Waals surface area contributed by atoms with E-state index in [0.717, 1.165) is 27.6 Å². The van der Waals surface area contributed by atoms with E-state index in [9.17, 15) is 18.8 Å². The van der Waals surface area contributed by atoms with Gasteiger partial charge in [-0.3, -0.25) is 14.9 Å². The second-order valence-electron chi connectivity index (χ2n) is 8.01. The van der Waals surface area contributed by atoms with Gasteiger partial charge in [0.1, 0.15) is 11.4 Å². The number of imide groups is 2. The number of carbonyl (C=O) groups excluding carboxylic acids is 3. The zero-order valence-corrected chi connectivity index (χ0v) is 20.4. The van der Waals surface area contributed by atoms with Crippen LogP contribution in [0.15, 0.2) is 89.5 Å². The molecule has 1 N–H and O–H groups in total. The molecule has 180 valence electrons. The molecule has 0 atom stereocenters. The highest BCUT2D eigenvalue weighted by molar-refractivity contribution is 7.99. The fourth-order valence-corrected chi connectivity index (χ4v) is 5.01. The second-order valence-corrected chi connectivity index (χ2v) is 9.61. The first-order chi connectivity index (χ1) is 17.4. The number of halogens is 2. The van der Waals surface area contributed by atoms with Crippen molar-refractivity contribution in [2.75, 3.05) is 10.7 Å². The molecule has 0 unspecified atom stereocenters.